The number of aromatic nitrogens is 2. The number of nitrogens with zero attached hydrogens (tertiary/aromatic N) is 2. The Hall–Kier alpha value is -1.44. The highest BCUT2D eigenvalue weighted by molar-refractivity contribution is 6.32. The first kappa shape index (κ1) is 15.5. The predicted octanol–water partition coefficient (Wildman–Crippen LogP) is 1.62. The zero-order chi connectivity index (χ0) is 16.1. The van der Waals surface area contributed by atoms with Crippen molar-refractivity contribution < 1.29 is 14.3 Å². The fourth-order valence-corrected chi connectivity index (χ4v) is 3.32. The number of carbonyl (C=O) groups excluding carboxylic acids is 1. The number of anilines is 2. The van der Waals surface area contributed by atoms with Crippen molar-refractivity contribution in [1.82, 2.24) is 9.97 Å². The molecule has 0 bridgehead atoms. The summed E-state index contributed by atoms with van der Waals surface area (Å²) in [4.78, 5) is 19.8. The Kier molecular flexibility index (Phi) is 3.74. The minimum Gasteiger partial charge on any atom is -0.393 e. The van der Waals surface area contributed by atoms with Crippen molar-refractivity contribution in [1.29, 1.82) is 0 Å². The van der Waals surface area contributed by atoms with E-state index in [1.807, 2.05) is 13.8 Å². The van der Waals surface area contributed by atoms with Crippen LogP contribution in [0.2, 0.25) is 5.15 Å². The number of hydrogen-bond donors (Lipinski definition) is 2. The molecule has 2 aliphatic rings. The maximum atomic E-state index is 11.9. The van der Waals surface area contributed by atoms with Gasteiger partial charge in [-0.1, -0.05) is 11.6 Å². The number of carbonyl (C=O) groups is 1. The van der Waals surface area contributed by atoms with Crippen molar-refractivity contribution in [2.75, 3.05) is 11.1 Å². The first-order chi connectivity index (χ1) is 10.3. The Labute approximate surface area is 133 Å². The van der Waals surface area contributed by atoms with E-state index in [9.17, 15) is 4.79 Å². The van der Waals surface area contributed by atoms with E-state index >= 15 is 0 Å². The van der Waals surface area contributed by atoms with E-state index in [0.717, 1.165) is 0 Å². The van der Waals surface area contributed by atoms with Gasteiger partial charge in [0.1, 0.15) is 23.9 Å². The van der Waals surface area contributed by atoms with Crippen molar-refractivity contribution in [3.63, 3.8) is 0 Å². The molecule has 4 atom stereocenters. The van der Waals surface area contributed by atoms with Gasteiger partial charge in [0.05, 0.1) is 12.1 Å². The molecule has 120 valence electrons. The van der Waals surface area contributed by atoms with Crippen LogP contribution in [0.25, 0.3) is 0 Å². The summed E-state index contributed by atoms with van der Waals surface area (Å²) in [6, 6.07) is -0.131. The zero-order valence-corrected chi connectivity index (χ0v) is 13.4. The lowest BCUT2D eigenvalue weighted by molar-refractivity contribution is -0.159. The molecule has 1 aromatic rings. The van der Waals surface area contributed by atoms with Gasteiger partial charge in [0, 0.05) is 5.92 Å². The number of fused-ring (bicyclic) bond motifs is 1. The molecule has 0 amide bonds. The number of nitrogens with two attached hydrogens (primary N) is 1. The zero-order valence-electron chi connectivity index (χ0n) is 12.7. The van der Waals surface area contributed by atoms with Crippen molar-refractivity contribution in [3.05, 3.63) is 11.5 Å². The van der Waals surface area contributed by atoms with E-state index in [2.05, 4.69) is 15.3 Å². The van der Waals surface area contributed by atoms with Crippen LogP contribution in [0.4, 0.5) is 11.5 Å². The Morgan fingerprint density at radius 1 is 1.41 bits per heavy atom. The number of Topliss-reactive ketones (excluding diaryl/α,β-unsaturated/α-hetero) is 1. The largest absolute Gasteiger partial charge is 0.393 e. The minimum absolute atomic E-state index is 0.0919. The standard InChI is InChI=1S/C14H19ClN4O3/c1-6(20)7-4-8(11-10(7)21-14(2,3)22-11)19-13-9(16)12(15)17-5-18-13/h5,7-8,10-11H,4,16H2,1-3H3,(H,17,18,19)/t7-,8-,10-,11+/m1/s1. The maximum absolute atomic E-state index is 11.9. The van der Waals surface area contributed by atoms with Crippen LogP contribution in [-0.2, 0) is 14.3 Å². The second kappa shape index (κ2) is 5.33. The highest BCUT2D eigenvalue weighted by Gasteiger charge is 2.55. The molecule has 1 saturated carbocycles. The molecule has 1 aliphatic heterocycles. The summed E-state index contributed by atoms with van der Waals surface area (Å²) in [7, 11) is 0. The first-order valence-corrected chi connectivity index (χ1v) is 7.55. The van der Waals surface area contributed by atoms with Crippen LogP contribution in [0, 0.1) is 5.92 Å². The molecule has 0 unspecified atom stereocenters. The number of halogens is 1. The molecule has 7 nitrogen and oxygen atoms in total. The lowest BCUT2D eigenvalue weighted by atomic mass is 10.0. The van der Waals surface area contributed by atoms with E-state index in [0.29, 0.717) is 12.2 Å². The van der Waals surface area contributed by atoms with Gasteiger partial charge in [-0.05, 0) is 27.2 Å². The molecule has 3 rings (SSSR count). The van der Waals surface area contributed by atoms with Crippen molar-refractivity contribution in [2.24, 2.45) is 5.92 Å². The lowest BCUT2D eigenvalue weighted by Crippen LogP contribution is -2.35. The Morgan fingerprint density at radius 2 is 2.09 bits per heavy atom. The van der Waals surface area contributed by atoms with Crippen LogP contribution in [0.15, 0.2) is 6.33 Å². The van der Waals surface area contributed by atoms with E-state index in [4.69, 9.17) is 26.8 Å². The van der Waals surface area contributed by atoms with Gasteiger partial charge in [0.15, 0.2) is 16.8 Å². The molecule has 0 aromatic carbocycles. The van der Waals surface area contributed by atoms with Crippen LogP contribution in [0.3, 0.4) is 0 Å². The first-order valence-electron chi connectivity index (χ1n) is 7.17. The molecule has 2 fully saturated rings. The average molecular weight is 327 g/mol. The molecule has 8 heteroatoms. The van der Waals surface area contributed by atoms with E-state index < -0.39 is 5.79 Å². The summed E-state index contributed by atoms with van der Waals surface area (Å²) in [5.74, 6) is -0.378. The van der Waals surface area contributed by atoms with Gasteiger partial charge in [-0.3, -0.25) is 4.79 Å². The van der Waals surface area contributed by atoms with E-state index in [1.54, 1.807) is 6.92 Å². The highest BCUT2D eigenvalue weighted by atomic mass is 35.5. The summed E-state index contributed by atoms with van der Waals surface area (Å²) in [5, 5.41) is 3.42. The summed E-state index contributed by atoms with van der Waals surface area (Å²) in [6.07, 6.45) is 1.44. The van der Waals surface area contributed by atoms with Crippen LogP contribution in [-0.4, -0.2) is 39.8 Å². The number of ether oxygens (including phenoxy) is 2. The van der Waals surface area contributed by atoms with Crippen LogP contribution < -0.4 is 11.1 Å². The van der Waals surface area contributed by atoms with E-state index in [1.165, 1.54) is 6.33 Å². The SMILES string of the molecule is CC(=O)[C@H]1C[C@@H](Nc2ncnc(Cl)c2N)[C@@H]2OC(C)(C)O[C@@H]21. The van der Waals surface area contributed by atoms with Crippen molar-refractivity contribution >= 4 is 28.9 Å². The molecule has 1 aromatic heterocycles. The number of ketones is 1. The van der Waals surface area contributed by atoms with Crippen LogP contribution in [0.5, 0.6) is 0 Å². The predicted molar refractivity (Wildman–Crippen MR) is 81.5 cm³/mol. The van der Waals surface area contributed by atoms with Gasteiger partial charge in [-0.25, -0.2) is 9.97 Å². The topological polar surface area (TPSA) is 99.4 Å². The Morgan fingerprint density at radius 3 is 2.77 bits per heavy atom. The van der Waals surface area contributed by atoms with Crippen LogP contribution >= 0.6 is 11.6 Å². The third-order valence-corrected chi connectivity index (χ3v) is 4.45. The summed E-state index contributed by atoms with van der Waals surface area (Å²) in [6.45, 7) is 5.26. The van der Waals surface area contributed by atoms with Gasteiger partial charge >= 0.3 is 0 Å². The molecular formula is C14H19ClN4O3. The monoisotopic (exact) mass is 326 g/mol. The molecule has 2 heterocycles. The number of hydrogen-bond acceptors (Lipinski definition) is 7. The second-order valence-electron chi connectivity index (χ2n) is 6.20. The van der Waals surface area contributed by atoms with Gasteiger partial charge in [-0.2, -0.15) is 0 Å². The molecular weight excluding hydrogens is 308 g/mol. The van der Waals surface area contributed by atoms with E-state index in [-0.39, 0.29) is 40.8 Å². The highest BCUT2D eigenvalue weighted by Crippen LogP contribution is 2.43. The summed E-state index contributed by atoms with van der Waals surface area (Å²) >= 11 is 5.91. The molecule has 1 saturated heterocycles. The molecule has 0 radical (unpaired) electrons. The smallest absolute Gasteiger partial charge is 0.163 e. The number of rotatable bonds is 3. The summed E-state index contributed by atoms with van der Waals surface area (Å²) in [5.41, 5.74) is 6.17. The van der Waals surface area contributed by atoms with Crippen molar-refractivity contribution in [3.8, 4) is 0 Å². The van der Waals surface area contributed by atoms with Gasteiger partial charge < -0.3 is 20.5 Å². The van der Waals surface area contributed by atoms with Crippen LogP contribution in [0.1, 0.15) is 27.2 Å². The second-order valence-corrected chi connectivity index (χ2v) is 6.55. The average Bonchev–Trinajstić information content (AvgIpc) is 2.89. The summed E-state index contributed by atoms with van der Waals surface area (Å²) < 4.78 is 11.8. The fraction of sp³-hybridized carbons (Fsp3) is 0.643. The Balaban J connectivity index is 1.85. The molecule has 1 aliphatic carbocycles. The normalized spacial score (nSPS) is 32.7. The lowest BCUT2D eigenvalue weighted by Gasteiger charge is -2.24. The number of nitrogens with one attached hydrogen (secondary N) is 1. The van der Waals surface area contributed by atoms with Gasteiger partial charge in [0.2, 0.25) is 0 Å². The third kappa shape index (κ3) is 2.64. The third-order valence-electron chi connectivity index (χ3n) is 4.14. The Bertz CT molecular complexity index is 610. The fourth-order valence-electron chi connectivity index (χ4n) is 3.18. The minimum atomic E-state index is -0.710. The maximum Gasteiger partial charge on any atom is 0.163 e. The molecule has 3 N–H and O–H groups in total. The quantitative estimate of drug-likeness (QED) is 0.814. The molecule has 0 spiro atoms. The van der Waals surface area contributed by atoms with Crippen molar-refractivity contribution in [2.45, 2.75) is 51.2 Å². The van der Waals surface area contributed by atoms with Gasteiger partial charge in [-0.15, -0.1) is 0 Å². The van der Waals surface area contributed by atoms with Gasteiger partial charge in [0.25, 0.3) is 0 Å². The number of nitrogen functional groups attached to an aromatic ring is 1. The molecule has 22 heavy (non-hydrogen) atoms.